The number of carbonyl (C=O) groups is 1. The summed E-state index contributed by atoms with van der Waals surface area (Å²) in [7, 11) is 0. The molecule has 0 aliphatic rings. The number of esters is 1. The Bertz CT molecular complexity index is 458. The van der Waals surface area contributed by atoms with Crippen molar-refractivity contribution in [3.63, 3.8) is 0 Å². The van der Waals surface area contributed by atoms with Crippen LogP contribution in [-0.4, -0.2) is 12.6 Å². The maximum atomic E-state index is 11.1. The van der Waals surface area contributed by atoms with Crippen LogP contribution in [0.25, 0.3) is 0 Å². The van der Waals surface area contributed by atoms with Gasteiger partial charge in [0, 0.05) is 4.88 Å². The van der Waals surface area contributed by atoms with Crippen molar-refractivity contribution in [2.75, 3.05) is 6.61 Å². The van der Waals surface area contributed by atoms with Gasteiger partial charge < -0.3 is 4.74 Å². The van der Waals surface area contributed by atoms with Crippen LogP contribution in [0.2, 0.25) is 0 Å². The van der Waals surface area contributed by atoms with E-state index < -0.39 is 0 Å². The van der Waals surface area contributed by atoms with E-state index in [4.69, 9.17) is 4.74 Å². The number of ether oxygens (including phenoxy) is 1. The van der Waals surface area contributed by atoms with E-state index in [0.29, 0.717) is 0 Å². The van der Waals surface area contributed by atoms with Gasteiger partial charge in [-0.2, -0.15) is 0 Å². The van der Waals surface area contributed by atoms with E-state index in [2.05, 4.69) is 18.8 Å². The number of carbonyl (C=O) groups excluding carboxylic acids is 1. The third-order valence-corrected chi connectivity index (χ3v) is 2.85. The summed E-state index contributed by atoms with van der Waals surface area (Å²) < 4.78 is 4.97. The number of allylic oxidation sites excluding steroid dienone is 1. The van der Waals surface area contributed by atoms with E-state index in [0.717, 1.165) is 4.88 Å². The Hall–Kier alpha value is -1.53. The highest BCUT2D eigenvalue weighted by Crippen LogP contribution is 2.12. The molecule has 90 valence electrons. The fraction of sp³-hybridized carbons (Fsp3) is 0.357. The number of hydrogen-bond acceptors (Lipinski definition) is 3. The Balaban J connectivity index is 2.32. The molecule has 2 nitrogen and oxygen atoms in total. The minimum Gasteiger partial charge on any atom is -0.461 e. The van der Waals surface area contributed by atoms with E-state index in [1.165, 1.54) is 4.88 Å². The van der Waals surface area contributed by atoms with E-state index >= 15 is 0 Å². The monoisotopic (exact) mass is 248 g/mol. The summed E-state index contributed by atoms with van der Waals surface area (Å²) in [5.41, 5.74) is 0. The molecule has 0 fully saturated rings. The molecule has 0 spiro atoms. The molecule has 0 unspecified atom stereocenters. The highest BCUT2D eigenvalue weighted by Gasteiger charge is 2.05. The van der Waals surface area contributed by atoms with Gasteiger partial charge in [-0.25, -0.2) is 0 Å². The van der Waals surface area contributed by atoms with E-state index in [1.807, 2.05) is 26.0 Å². The van der Waals surface area contributed by atoms with Crippen molar-refractivity contribution in [2.45, 2.75) is 20.8 Å². The fourth-order valence-corrected chi connectivity index (χ4v) is 1.75. The van der Waals surface area contributed by atoms with Crippen molar-refractivity contribution in [3.05, 3.63) is 34.0 Å². The minimum absolute atomic E-state index is 0.0800. The lowest BCUT2D eigenvalue weighted by Crippen LogP contribution is -2.11. The Kier molecular flexibility index (Phi) is 5.51. The molecular weight excluding hydrogens is 232 g/mol. The molecule has 0 saturated heterocycles. The Labute approximate surface area is 106 Å². The SMILES string of the molecule is Cc1ccc(C#CC=CCOC(=O)C(C)C)s1. The fourth-order valence-electron chi connectivity index (χ4n) is 1.02. The van der Waals surface area contributed by atoms with E-state index in [1.54, 1.807) is 23.5 Å². The molecule has 0 atom stereocenters. The standard InChI is InChI=1S/C14H16O2S/c1-11(2)14(15)16-10-6-4-5-7-13-9-8-12(3)17-13/h4,6,8-9,11H,10H2,1-3H3. The maximum Gasteiger partial charge on any atom is 0.308 e. The average molecular weight is 248 g/mol. The van der Waals surface area contributed by atoms with Gasteiger partial charge in [0.2, 0.25) is 0 Å². The van der Waals surface area contributed by atoms with Gasteiger partial charge in [0.15, 0.2) is 0 Å². The third-order valence-electron chi connectivity index (χ3n) is 1.93. The quantitative estimate of drug-likeness (QED) is 0.606. The number of aryl methyl sites for hydroxylation is 1. The molecule has 3 heteroatoms. The van der Waals surface area contributed by atoms with Crippen LogP contribution < -0.4 is 0 Å². The first-order valence-corrected chi connectivity index (χ1v) is 6.31. The van der Waals surface area contributed by atoms with Crippen molar-refractivity contribution < 1.29 is 9.53 Å². The summed E-state index contributed by atoms with van der Waals surface area (Å²) in [6.45, 7) is 5.96. The molecule has 0 amide bonds. The Morgan fingerprint density at radius 3 is 2.88 bits per heavy atom. The van der Waals surface area contributed by atoms with Crippen LogP contribution in [0.5, 0.6) is 0 Å². The topological polar surface area (TPSA) is 26.3 Å². The number of rotatable bonds is 3. The Morgan fingerprint density at radius 2 is 2.29 bits per heavy atom. The van der Waals surface area contributed by atoms with Gasteiger partial charge >= 0.3 is 5.97 Å². The molecule has 0 bridgehead atoms. The lowest BCUT2D eigenvalue weighted by molar-refractivity contribution is -0.146. The molecule has 1 rings (SSSR count). The summed E-state index contributed by atoms with van der Waals surface area (Å²) >= 11 is 1.67. The predicted molar refractivity (Wildman–Crippen MR) is 70.9 cm³/mol. The van der Waals surface area contributed by atoms with Crippen LogP contribution >= 0.6 is 11.3 Å². The lowest BCUT2D eigenvalue weighted by Gasteiger charge is -2.02. The van der Waals surface area contributed by atoms with Crippen LogP contribution in [0, 0.1) is 24.7 Å². The van der Waals surface area contributed by atoms with Gasteiger partial charge in [0.25, 0.3) is 0 Å². The van der Waals surface area contributed by atoms with Crippen molar-refractivity contribution in [3.8, 4) is 11.8 Å². The summed E-state index contributed by atoms with van der Waals surface area (Å²) in [5, 5.41) is 0. The summed E-state index contributed by atoms with van der Waals surface area (Å²) in [6.07, 6.45) is 3.45. The van der Waals surface area contributed by atoms with Gasteiger partial charge in [-0.1, -0.05) is 25.7 Å². The van der Waals surface area contributed by atoms with Gasteiger partial charge in [0.1, 0.15) is 6.61 Å². The second-order valence-corrected chi connectivity index (χ2v) is 5.15. The largest absolute Gasteiger partial charge is 0.461 e. The molecular formula is C14H16O2S. The maximum absolute atomic E-state index is 11.1. The number of thiophene rings is 1. The summed E-state index contributed by atoms with van der Waals surface area (Å²) in [6, 6.07) is 4.04. The first-order chi connectivity index (χ1) is 8.09. The summed E-state index contributed by atoms with van der Waals surface area (Å²) in [4.78, 5) is 13.4. The molecule has 0 radical (unpaired) electrons. The minimum atomic E-state index is -0.184. The van der Waals surface area contributed by atoms with Gasteiger partial charge in [-0.3, -0.25) is 4.79 Å². The van der Waals surface area contributed by atoms with Crippen molar-refractivity contribution in [1.29, 1.82) is 0 Å². The molecule has 0 aromatic carbocycles. The zero-order valence-corrected chi connectivity index (χ0v) is 11.1. The molecule has 1 aromatic rings. The second kappa shape index (κ2) is 6.93. The van der Waals surface area contributed by atoms with Gasteiger partial charge in [-0.05, 0) is 31.2 Å². The zero-order valence-electron chi connectivity index (χ0n) is 10.3. The summed E-state index contributed by atoms with van der Waals surface area (Å²) in [5.74, 6) is 5.66. The predicted octanol–water partition coefficient (Wildman–Crippen LogP) is 3.16. The number of hydrogen-bond donors (Lipinski definition) is 0. The molecule has 17 heavy (non-hydrogen) atoms. The van der Waals surface area contributed by atoms with Crippen LogP contribution in [0.1, 0.15) is 23.6 Å². The van der Waals surface area contributed by atoms with Crippen LogP contribution in [-0.2, 0) is 9.53 Å². The molecule has 0 N–H and O–H groups in total. The van der Waals surface area contributed by atoms with E-state index in [-0.39, 0.29) is 18.5 Å². The third kappa shape index (κ3) is 5.37. The van der Waals surface area contributed by atoms with E-state index in [9.17, 15) is 4.79 Å². The molecule has 0 saturated carbocycles. The highest BCUT2D eigenvalue weighted by molar-refractivity contribution is 7.12. The first kappa shape index (κ1) is 13.5. The van der Waals surface area contributed by atoms with Gasteiger partial charge in [0.05, 0.1) is 10.8 Å². The normalized spacial score (nSPS) is 10.4. The molecule has 1 heterocycles. The van der Waals surface area contributed by atoms with Crippen LogP contribution in [0.15, 0.2) is 24.3 Å². The van der Waals surface area contributed by atoms with Crippen molar-refractivity contribution >= 4 is 17.3 Å². The first-order valence-electron chi connectivity index (χ1n) is 5.49. The molecule has 0 aliphatic heterocycles. The average Bonchev–Trinajstić information content (AvgIpc) is 2.68. The smallest absolute Gasteiger partial charge is 0.308 e. The highest BCUT2D eigenvalue weighted by atomic mass is 32.1. The Morgan fingerprint density at radius 1 is 1.53 bits per heavy atom. The van der Waals surface area contributed by atoms with Crippen molar-refractivity contribution in [2.24, 2.45) is 5.92 Å². The second-order valence-electron chi connectivity index (χ2n) is 3.87. The molecule has 0 aliphatic carbocycles. The van der Waals surface area contributed by atoms with Crippen LogP contribution in [0.3, 0.4) is 0 Å². The van der Waals surface area contributed by atoms with Gasteiger partial charge in [-0.15, -0.1) is 11.3 Å². The molecule has 1 aromatic heterocycles. The van der Waals surface area contributed by atoms with Crippen LogP contribution in [0.4, 0.5) is 0 Å². The lowest BCUT2D eigenvalue weighted by atomic mass is 10.2. The van der Waals surface area contributed by atoms with Crippen molar-refractivity contribution in [1.82, 2.24) is 0 Å². The zero-order chi connectivity index (χ0) is 12.7.